The van der Waals surface area contributed by atoms with Gasteiger partial charge in [-0.15, -0.1) is 0 Å². The molecular formula is C6H10N4. The molecule has 1 fully saturated rings. The number of rotatable bonds is 1. The molecule has 2 N–H and O–H groups in total. The van der Waals surface area contributed by atoms with E-state index in [1.165, 1.54) is 0 Å². The van der Waals surface area contributed by atoms with Gasteiger partial charge < -0.3 is 9.88 Å². The molecule has 4 heteroatoms. The number of hydrogen-bond acceptors (Lipinski definition) is 3. The molecule has 1 saturated heterocycles. The summed E-state index contributed by atoms with van der Waals surface area (Å²) in [6, 6.07) is 0. The molecule has 54 valence electrons. The Balaban J connectivity index is 2.12. The maximum atomic E-state index is 4.13. The second-order valence-corrected chi connectivity index (χ2v) is 2.33. The molecule has 4 nitrogen and oxygen atoms in total. The molecule has 10 heavy (non-hydrogen) atoms. The molecule has 0 aliphatic carbocycles. The summed E-state index contributed by atoms with van der Waals surface area (Å²) in [6.45, 7) is 3.02. The van der Waals surface area contributed by atoms with E-state index in [0.29, 0.717) is 0 Å². The maximum absolute atomic E-state index is 4.13. The van der Waals surface area contributed by atoms with Gasteiger partial charge in [-0.25, -0.2) is 4.98 Å². The summed E-state index contributed by atoms with van der Waals surface area (Å²) in [4.78, 5) is 9.35. The van der Waals surface area contributed by atoms with Crippen molar-refractivity contribution in [3.8, 4) is 0 Å². The van der Waals surface area contributed by atoms with Crippen LogP contribution >= 0.6 is 0 Å². The van der Waals surface area contributed by atoms with Crippen LogP contribution in [-0.2, 0) is 0 Å². The highest BCUT2D eigenvalue weighted by atomic mass is 15.3. The highest BCUT2D eigenvalue weighted by Gasteiger charge is 2.11. The molecule has 0 aromatic carbocycles. The number of H-pyrrole nitrogens is 1. The van der Waals surface area contributed by atoms with Gasteiger partial charge in [0.25, 0.3) is 0 Å². The zero-order chi connectivity index (χ0) is 6.81. The van der Waals surface area contributed by atoms with Crippen molar-refractivity contribution < 1.29 is 0 Å². The summed E-state index contributed by atoms with van der Waals surface area (Å²) in [5, 5.41) is 3.23. The van der Waals surface area contributed by atoms with Gasteiger partial charge in [-0.1, -0.05) is 0 Å². The van der Waals surface area contributed by atoms with Crippen LogP contribution in [0.5, 0.6) is 0 Å². The van der Waals surface area contributed by atoms with Crippen LogP contribution in [0.25, 0.3) is 0 Å². The minimum Gasteiger partial charge on any atom is -0.331 e. The largest absolute Gasteiger partial charge is 0.331 e. The first-order valence-electron chi connectivity index (χ1n) is 3.42. The Labute approximate surface area is 59.3 Å². The molecule has 1 aliphatic heterocycles. The van der Waals surface area contributed by atoms with Crippen LogP contribution in [0.3, 0.4) is 0 Å². The molecule has 2 rings (SSSR count). The van der Waals surface area contributed by atoms with Gasteiger partial charge in [-0.2, -0.15) is 0 Å². The summed E-state index contributed by atoms with van der Waals surface area (Å²) in [5.74, 6) is 0.963. The van der Waals surface area contributed by atoms with Crippen molar-refractivity contribution in [3.63, 3.8) is 0 Å². The van der Waals surface area contributed by atoms with Crippen molar-refractivity contribution >= 4 is 5.95 Å². The smallest absolute Gasteiger partial charge is 0.203 e. The molecular weight excluding hydrogens is 128 g/mol. The van der Waals surface area contributed by atoms with Crippen LogP contribution in [0.4, 0.5) is 5.95 Å². The second kappa shape index (κ2) is 2.30. The van der Waals surface area contributed by atoms with E-state index < -0.39 is 0 Å². The van der Waals surface area contributed by atoms with Crippen LogP contribution in [0.2, 0.25) is 0 Å². The number of aromatic nitrogens is 2. The average molecular weight is 138 g/mol. The van der Waals surface area contributed by atoms with Gasteiger partial charge in [0, 0.05) is 25.5 Å². The van der Waals surface area contributed by atoms with Crippen LogP contribution in [0.15, 0.2) is 12.4 Å². The number of imidazole rings is 1. The molecule has 0 bridgehead atoms. The molecule has 0 unspecified atom stereocenters. The van der Waals surface area contributed by atoms with E-state index in [9.17, 15) is 0 Å². The molecule has 0 radical (unpaired) electrons. The van der Waals surface area contributed by atoms with Gasteiger partial charge in [0.15, 0.2) is 0 Å². The molecule has 1 aliphatic rings. The molecule has 0 amide bonds. The zero-order valence-electron chi connectivity index (χ0n) is 5.67. The van der Waals surface area contributed by atoms with Gasteiger partial charge in [0.1, 0.15) is 0 Å². The van der Waals surface area contributed by atoms with Crippen LogP contribution < -0.4 is 10.2 Å². The molecule has 0 atom stereocenters. The third-order valence-corrected chi connectivity index (χ3v) is 1.64. The van der Waals surface area contributed by atoms with Crippen molar-refractivity contribution in [1.29, 1.82) is 0 Å². The molecule has 1 aromatic rings. The molecule has 0 saturated carbocycles. The minimum atomic E-state index is 0.910. The van der Waals surface area contributed by atoms with Gasteiger partial charge in [-0.3, -0.25) is 5.32 Å². The lowest BCUT2D eigenvalue weighted by molar-refractivity contribution is 0.844. The SMILES string of the molecule is c1c[nH]c(N2CCNC2)n1. The van der Waals surface area contributed by atoms with E-state index in [4.69, 9.17) is 0 Å². The second-order valence-electron chi connectivity index (χ2n) is 2.33. The Hall–Kier alpha value is -1.03. The predicted molar refractivity (Wildman–Crippen MR) is 38.8 cm³/mol. The fraction of sp³-hybridized carbons (Fsp3) is 0.500. The lowest BCUT2D eigenvalue weighted by atomic mass is 10.6. The Bertz CT molecular complexity index is 188. The van der Waals surface area contributed by atoms with E-state index in [0.717, 1.165) is 25.7 Å². The highest BCUT2D eigenvalue weighted by Crippen LogP contribution is 2.05. The first-order chi connectivity index (χ1) is 4.97. The van der Waals surface area contributed by atoms with E-state index in [2.05, 4.69) is 20.2 Å². The van der Waals surface area contributed by atoms with Gasteiger partial charge in [0.2, 0.25) is 5.95 Å². The van der Waals surface area contributed by atoms with Gasteiger partial charge >= 0.3 is 0 Å². The first-order valence-corrected chi connectivity index (χ1v) is 3.42. The predicted octanol–water partition coefficient (Wildman–Crippen LogP) is -0.223. The minimum absolute atomic E-state index is 0.910. The van der Waals surface area contributed by atoms with Crippen LogP contribution in [0.1, 0.15) is 0 Å². The van der Waals surface area contributed by atoms with Crippen molar-refractivity contribution in [2.24, 2.45) is 0 Å². The van der Waals surface area contributed by atoms with Crippen LogP contribution in [-0.4, -0.2) is 29.7 Å². The first kappa shape index (κ1) is 5.73. The lowest BCUT2D eigenvalue weighted by Gasteiger charge is -2.10. The molecule has 0 spiro atoms. The van der Waals surface area contributed by atoms with Gasteiger partial charge in [0.05, 0.1) is 6.67 Å². The Kier molecular flexibility index (Phi) is 1.32. The van der Waals surface area contributed by atoms with Crippen molar-refractivity contribution in [3.05, 3.63) is 12.4 Å². The topological polar surface area (TPSA) is 44.0 Å². The quantitative estimate of drug-likeness (QED) is 0.563. The van der Waals surface area contributed by atoms with E-state index in [-0.39, 0.29) is 0 Å². The van der Waals surface area contributed by atoms with E-state index >= 15 is 0 Å². The highest BCUT2D eigenvalue weighted by molar-refractivity contribution is 5.29. The number of nitrogens with zero attached hydrogens (tertiary/aromatic N) is 2. The summed E-state index contributed by atoms with van der Waals surface area (Å²) < 4.78 is 0. The van der Waals surface area contributed by atoms with Gasteiger partial charge in [-0.05, 0) is 0 Å². The summed E-state index contributed by atoms with van der Waals surface area (Å²) in [7, 11) is 0. The fourth-order valence-corrected chi connectivity index (χ4v) is 1.12. The monoisotopic (exact) mass is 138 g/mol. The standard InChI is InChI=1S/C6H10N4/c1-2-9-6(8-1)10-4-3-7-5-10/h1-2,7H,3-5H2,(H,8,9). The van der Waals surface area contributed by atoms with Crippen molar-refractivity contribution in [2.45, 2.75) is 0 Å². The van der Waals surface area contributed by atoms with Crippen molar-refractivity contribution in [2.75, 3.05) is 24.7 Å². The van der Waals surface area contributed by atoms with Crippen molar-refractivity contribution in [1.82, 2.24) is 15.3 Å². The van der Waals surface area contributed by atoms with Crippen LogP contribution in [0, 0.1) is 0 Å². The fourth-order valence-electron chi connectivity index (χ4n) is 1.12. The maximum Gasteiger partial charge on any atom is 0.203 e. The van der Waals surface area contributed by atoms with E-state index in [1.807, 2.05) is 6.20 Å². The summed E-state index contributed by atoms with van der Waals surface area (Å²) >= 11 is 0. The third kappa shape index (κ3) is 0.863. The normalized spacial score (nSPS) is 18.2. The molecule has 2 heterocycles. The molecule has 1 aromatic heterocycles. The summed E-state index contributed by atoms with van der Waals surface area (Å²) in [5.41, 5.74) is 0. The average Bonchev–Trinajstić information content (AvgIpc) is 2.59. The van der Waals surface area contributed by atoms with E-state index in [1.54, 1.807) is 6.20 Å². The Morgan fingerprint density at radius 1 is 1.60 bits per heavy atom. The lowest BCUT2D eigenvalue weighted by Crippen LogP contribution is -2.21. The third-order valence-electron chi connectivity index (χ3n) is 1.64. The summed E-state index contributed by atoms with van der Waals surface area (Å²) in [6.07, 6.45) is 3.61. The Morgan fingerprint density at radius 3 is 3.20 bits per heavy atom. The Morgan fingerprint density at radius 2 is 2.60 bits per heavy atom. The number of anilines is 1. The number of hydrogen-bond donors (Lipinski definition) is 2. The number of aromatic amines is 1. The zero-order valence-corrected chi connectivity index (χ0v) is 5.67. The number of nitrogens with one attached hydrogen (secondary N) is 2.